The first-order valence-electron chi connectivity index (χ1n) is 8.83. The molecule has 0 spiro atoms. The van der Waals surface area contributed by atoms with Crippen molar-refractivity contribution in [3.05, 3.63) is 47.0 Å². The fraction of sp³-hybridized carbons (Fsp3) is 0.300. The minimum absolute atomic E-state index is 0.0146. The summed E-state index contributed by atoms with van der Waals surface area (Å²) in [6.07, 6.45) is 0.824. The van der Waals surface area contributed by atoms with E-state index in [1.54, 1.807) is 0 Å². The van der Waals surface area contributed by atoms with Crippen molar-refractivity contribution in [1.29, 1.82) is 0 Å². The van der Waals surface area contributed by atoms with E-state index in [9.17, 15) is 35.1 Å². The van der Waals surface area contributed by atoms with Crippen LogP contribution in [0.5, 0.6) is 23.0 Å². The van der Waals surface area contributed by atoms with Crippen LogP contribution in [0.25, 0.3) is 0 Å². The van der Waals surface area contributed by atoms with Crippen LogP contribution in [0.3, 0.4) is 0 Å². The molecule has 2 aromatic rings. The number of aryl methyl sites for hydroxylation is 1. The molecule has 1 unspecified atom stereocenters. The maximum Gasteiger partial charge on any atom is 0.326 e. The number of hydrogen-bond acceptors (Lipinski definition) is 6. The summed E-state index contributed by atoms with van der Waals surface area (Å²) in [4.78, 5) is 25.6. The fourth-order valence-corrected chi connectivity index (χ4v) is 3.44. The average molecular weight is 387 g/mol. The molecule has 8 heteroatoms. The number of phenols is 4. The molecule has 5 N–H and O–H groups in total. The second-order valence-corrected chi connectivity index (χ2v) is 6.86. The Morgan fingerprint density at radius 3 is 2.32 bits per heavy atom. The lowest BCUT2D eigenvalue weighted by atomic mass is 9.92. The molecule has 8 nitrogen and oxygen atoms in total. The Labute approximate surface area is 160 Å². The van der Waals surface area contributed by atoms with E-state index < -0.39 is 12.0 Å². The number of aromatic hydroxyl groups is 4. The number of carboxylic acids is 1. The molecule has 1 aliphatic heterocycles. The molecular formula is C20H21NO7. The third-order valence-corrected chi connectivity index (χ3v) is 4.93. The third kappa shape index (κ3) is 3.95. The van der Waals surface area contributed by atoms with Crippen LogP contribution in [0.4, 0.5) is 0 Å². The van der Waals surface area contributed by atoms with Gasteiger partial charge in [-0.25, -0.2) is 4.79 Å². The van der Waals surface area contributed by atoms with Gasteiger partial charge in [-0.3, -0.25) is 4.79 Å². The quantitative estimate of drug-likeness (QED) is 0.390. The zero-order valence-electron chi connectivity index (χ0n) is 15.0. The number of rotatable bonds is 5. The van der Waals surface area contributed by atoms with Gasteiger partial charge in [-0.15, -0.1) is 0 Å². The van der Waals surface area contributed by atoms with Gasteiger partial charge in [-0.05, 0) is 59.9 Å². The molecule has 28 heavy (non-hydrogen) atoms. The molecule has 0 bridgehead atoms. The SMILES string of the molecule is O=C(O)C1Cc2cc(O)c(O)cc2CN1C(=O)CCCc1cc(O)ccc1O. The molecule has 0 aliphatic carbocycles. The molecular weight excluding hydrogens is 366 g/mol. The van der Waals surface area contributed by atoms with Crippen LogP contribution in [0.1, 0.15) is 29.5 Å². The summed E-state index contributed by atoms with van der Waals surface area (Å²) >= 11 is 0. The highest BCUT2D eigenvalue weighted by atomic mass is 16.4. The van der Waals surface area contributed by atoms with E-state index in [0.29, 0.717) is 29.5 Å². The monoisotopic (exact) mass is 387 g/mol. The number of fused-ring (bicyclic) bond motifs is 1. The minimum Gasteiger partial charge on any atom is -0.508 e. The molecule has 148 valence electrons. The van der Waals surface area contributed by atoms with Gasteiger partial charge in [0.05, 0.1) is 0 Å². The largest absolute Gasteiger partial charge is 0.508 e. The van der Waals surface area contributed by atoms with Crippen LogP contribution in [-0.4, -0.2) is 48.4 Å². The number of benzene rings is 2. The highest BCUT2D eigenvalue weighted by Crippen LogP contribution is 2.33. The summed E-state index contributed by atoms with van der Waals surface area (Å²) in [6.45, 7) is 0.0242. The Morgan fingerprint density at radius 2 is 1.64 bits per heavy atom. The molecule has 0 fully saturated rings. The van der Waals surface area contributed by atoms with Crippen LogP contribution in [-0.2, 0) is 29.0 Å². The molecule has 0 saturated carbocycles. The predicted octanol–water partition coefficient (Wildman–Crippen LogP) is 1.87. The summed E-state index contributed by atoms with van der Waals surface area (Å²) in [5, 5.41) is 48.1. The van der Waals surface area contributed by atoms with Crippen LogP contribution in [0, 0.1) is 0 Å². The standard InChI is InChI=1S/C20H21NO7/c22-14-4-5-16(23)11(6-14)2-1-3-19(26)21-10-13-9-18(25)17(24)8-12(13)7-15(21)20(27)28/h4-6,8-9,15,22-25H,1-3,7,10H2,(H,27,28). The highest BCUT2D eigenvalue weighted by molar-refractivity contribution is 5.84. The first kappa shape index (κ1) is 19.3. The first-order valence-corrected chi connectivity index (χ1v) is 8.83. The second kappa shape index (κ2) is 7.67. The highest BCUT2D eigenvalue weighted by Gasteiger charge is 2.34. The number of aliphatic carboxylic acids is 1. The maximum absolute atomic E-state index is 12.7. The Hall–Kier alpha value is -3.42. The third-order valence-electron chi connectivity index (χ3n) is 4.93. The van der Waals surface area contributed by atoms with Gasteiger partial charge in [-0.1, -0.05) is 0 Å². The number of carboxylic acid groups (broad SMARTS) is 1. The summed E-state index contributed by atoms with van der Waals surface area (Å²) in [5.74, 6) is -2.10. The number of nitrogens with zero attached hydrogens (tertiary/aromatic N) is 1. The topological polar surface area (TPSA) is 139 Å². The Bertz CT molecular complexity index is 925. The number of phenolic OH excluding ortho intramolecular Hbond substituents is 4. The predicted molar refractivity (Wildman–Crippen MR) is 98.2 cm³/mol. The molecule has 1 atom stereocenters. The second-order valence-electron chi connectivity index (χ2n) is 6.86. The van der Waals surface area contributed by atoms with Crippen LogP contribution >= 0.6 is 0 Å². The van der Waals surface area contributed by atoms with Gasteiger partial charge in [0, 0.05) is 19.4 Å². The van der Waals surface area contributed by atoms with E-state index in [2.05, 4.69) is 0 Å². The fourth-order valence-electron chi connectivity index (χ4n) is 3.44. The van der Waals surface area contributed by atoms with E-state index >= 15 is 0 Å². The van der Waals surface area contributed by atoms with Crippen molar-refractivity contribution in [2.24, 2.45) is 0 Å². The van der Waals surface area contributed by atoms with E-state index in [-0.39, 0.29) is 48.3 Å². The average Bonchev–Trinajstić information content (AvgIpc) is 2.64. The zero-order chi connectivity index (χ0) is 20.4. The van der Waals surface area contributed by atoms with Gasteiger partial charge in [0.1, 0.15) is 17.5 Å². The summed E-state index contributed by atoms with van der Waals surface area (Å²) < 4.78 is 0. The van der Waals surface area contributed by atoms with Crippen molar-refractivity contribution in [2.75, 3.05) is 0 Å². The summed E-state index contributed by atoms with van der Waals surface area (Å²) in [7, 11) is 0. The van der Waals surface area contributed by atoms with Crippen molar-refractivity contribution in [1.82, 2.24) is 4.90 Å². The Morgan fingerprint density at radius 1 is 0.964 bits per heavy atom. The van der Waals surface area contributed by atoms with Crippen molar-refractivity contribution >= 4 is 11.9 Å². The van der Waals surface area contributed by atoms with E-state index in [1.165, 1.54) is 35.2 Å². The lowest BCUT2D eigenvalue weighted by Gasteiger charge is -2.34. The smallest absolute Gasteiger partial charge is 0.326 e. The van der Waals surface area contributed by atoms with Gasteiger partial charge in [0.25, 0.3) is 0 Å². The summed E-state index contributed by atoms with van der Waals surface area (Å²) in [5.41, 5.74) is 1.68. The number of hydrogen-bond donors (Lipinski definition) is 5. The van der Waals surface area contributed by atoms with Crippen LogP contribution in [0.2, 0.25) is 0 Å². The maximum atomic E-state index is 12.7. The number of amides is 1. The van der Waals surface area contributed by atoms with Crippen molar-refractivity contribution in [3.8, 4) is 23.0 Å². The summed E-state index contributed by atoms with van der Waals surface area (Å²) in [6, 6.07) is 5.77. The minimum atomic E-state index is -1.14. The van der Waals surface area contributed by atoms with E-state index in [0.717, 1.165) is 0 Å². The van der Waals surface area contributed by atoms with E-state index in [1.807, 2.05) is 0 Å². The van der Waals surface area contributed by atoms with Crippen LogP contribution in [0.15, 0.2) is 30.3 Å². The molecule has 1 heterocycles. The van der Waals surface area contributed by atoms with E-state index in [4.69, 9.17) is 0 Å². The molecule has 0 aromatic heterocycles. The van der Waals surface area contributed by atoms with Gasteiger partial charge in [0.15, 0.2) is 11.5 Å². The zero-order valence-corrected chi connectivity index (χ0v) is 15.0. The van der Waals surface area contributed by atoms with Crippen molar-refractivity contribution in [2.45, 2.75) is 38.3 Å². The van der Waals surface area contributed by atoms with Crippen molar-refractivity contribution in [3.63, 3.8) is 0 Å². The van der Waals surface area contributed by atoms with Gasteiger partial charge < -0.3 is 30.4 Å². The first-order chi connectivity index (χ1) is 13.3. The van der Waals surface area contributed by atoms with Crippen LogP contribution < -0.4 is 0 Å². The Kier molecular flexibility index (Phi) is 5.30. The van der Waals surface area contributed by atoms with Gasteiger partial charge >= 0.3 is 5.97 Å². The molecule has 1 amide bonds. The molecule has 0 radical (unpaired) electrons. The lowest BCUT2D eigenvalue weighted by molar-refractivity contribution is -0.151. The van der Waals surface area contributed by atoms with Gasteiger partial charge in [0.2, 0.25) is 5.91 Å². The van der Waals surface area contributed by atoms with Gasteiger partial charge in [-0.2, -0.15) is 0 Å². The number of carbonyl (C=O) groups is 2. The molecule has 1 aliphatic rings. The number of carbonyl (C=O) groups excluding carboxylic acids is 1. The molecule has 0 saturated heterocycles. The Balaban J connectivity index is 1.71. The lowest BCUT2D eigenvalue weighted by Crippen LogP contribution is -2.48. The molecule has 2 aromatic carbocycles. The normalized spacial score (nSPS) is 15.9. The molecule has 3 rings (SSSR count). The van der Waals surface area contributed by atoms with Crippen molar-refractivity contribution < 1.29 is 35.1 Å².